The third-order valence-electron chi connectivity index (χ3n) is 1.87. The van der Waals surface area contributed by atoms with Gasteiger partial charge in [0.1, 0.15) is 0 Å². The van der Waals surface area contributed by atoms with Crippen LogP contribution in [0.3, 0.4) is 0 Å². The number of nitro benzene ring substituents is 1. The van der Waals surface area contributed by atoms with Crippen LogP contribution in [-0.2, 0) is 0 Å². The van der Waals surface area contributed by atoms with E-state index in [0.717, 1.165) is 6.07 Å². The SMILES string of the molecule is O=c1[nH]c(Cl)nc2ccc([N+](=O)[O-])cc12. The summed E-state index contributed by atoms with van der Waals surface area (Å²) in [4.78, 5) is 27.3. The first kappa shape index (κ1) is 9.60. The number of nitro groups is 1. The van der Waals surface area contributed by atoms with Crippen LogP contribution in [0.2, 0.25) is 5.28 Å². The second-order valence-corrected chi connectivity index (χ2v) is 3.17. The van der Waals surface area contributed by atoms with Gasteiger partial charge in [-0.05, 0) is 17.7 Å². The monoisotopic (exact) mass is 225 g/mol. The minimum Gasteiger partial charge on any atom is -0.297 e. The molecule has 1 N–H and O–H groups in total. The molecule has 6 nitrogen and oxygen atoms in total. The predicted molar refractivity (Wildman–Crippen MR) is 54.0 cm³/mol. The van der Waals surface area contributed by atoms with Gasteiger partial charge in [-0.2, -0.15) is 0 Å². The Morgan fingerprint density at radius 3 is 2.87 bits per heavy atom. The Hall–Kier alpha value is -1.95. The summed E-state index contributed by atoms with van der Waals surface area (Å²) in [6.07, 6.45) is 0. The average Bonchev–Trinajstić information content (AvgIpc) is 2.16. The number of H-pyrrole nitrogens is 1. The van der Waals surface area contributed by atoms with Crippen LogP contribution >= 0.6 is 11.6 Å². The molecule has 76 valence electrons. The van der Waals surface area contributed by atoms with Gasteiger partial charge in [0.2, 0.25) is 5.28 Å². The summed E-state index contributed by atoms with van der Waals surface area (Å²) >= 11 is 5.53. The predicted octanol–water partition coefficient (Wildman–Crippen LogP) is 1.48. The van der Waals surface area contributed by atoms with Gasteiger partial charge in [-0.15, -0.1) is 0 Å². The molecule has 1 heterocycles. The summed E-state index contributed by atoms with van der Waals surface area (Å²) < 4.78 is 0. The first-order valence-electron chi connectivity index (χ1n) is 3.92. The van der Waals surface area contributed by atoms with Crippen LogP contribution in [0.15, 0.2) is 23.0 Å². The maximum absolute atomic E-state index is 11.4. The molecule has 7 heteroatoms. The van der Waals surface area contributed by atoms with Crippen molar-refractivity contribution in [3.8, 4) is 0 Å². The molecule has 0 spiro atoms. The van der Waals surface area contributed by atoms with Crippen molar-refractivity contribution < 1.29 is 4.92 Å². The van der Waals surface area contributed by atoms with Crippen molar-refractivity contribution >= 4 is 28.2 Å². The van der Waals surface area contributed by atoms with Gasteiger partial charge in [0.05, 0.1) is 15.8 Å². The minimum absolute atomic E-state index is 0.0404. The molecule has 0 radical (unpaired) electrons. The Bertz CT molecular complexity index is 608. The molecule has 1 aromatic carbocycles. The number of aromatic nitrogens is 2. The van der Waals surface area contributed by atoms with E-state index in [9.17, 15) is 14.9 Å². The second-order valence-electron chi connectivity index (χ2n) is 2.82. The van der Waals surface area contributed by atoms with Gasteiger partial charge in [0.15, 0.2) is 0 Å². The van der Waals surface area contributed by atoms with Crippen LogP contribution in [0.4, 0.5) is 5.69 Å². The normalized spacial score (nSPS) is 10.5. The maximum atomic E-state index is 11.4. The molecule has 0 amide bonds. The molecule has 0 aliphatic rings. The van der Waals surface area contributed by atoms with Crippen LogP contribution < -0.4 is 5.56 Å². The van der Waals surface area contributed by atoms with Crippen LogP contribution in [0.25, 0.3) is 10.9 Å². The summed E-state index contributed by atoms with van der Waals surface area (Å²) in [5.74, 6) is 0. The zero-order valence-electron chi connectivity index (χ0n) is 7.23. The van der Waals surface area contributed by atoms with E-state index in [0.29, 0.717) is 5.52 Å². The quantitative estimate of drug-likeness (QED) is 0.452. The van der Waals surface area contributed by atoms with Gasteiger partial charge in [-0.25, -0.2) is 4.98 Å². The molecular formula is C8H4ClN3O3. The van der Waals surface area contributed by atoms with E-state index in [1.54, 1.807) is 0 Å². The van der Waals surface area contributed by atoms with E-state index >= 15 is 0 Å². The summed E-state index contributed by atoms with van der Waals surface area (Å²) in [5, 5.41) is 10.6. The third kappa shape index (κ3) is 1.66. The minimum atomic E-state index is -0.576. The molecule has 0 aliphatic carbocycles. The summed E-state index contributed by atoms with van der Waals surface area (Å²) in [6.45, 7) is 0. The molecule has 0 bridgehead atoms. The molecule has 2 rings (SSSR count). The molecule has 0 atom stereocenters. The number of benzene rings is 1. The maximum Gasteiger partial charge on any atom is 0.270 e. The van der Waals surface area contributed by atoms with Crippen molar-refractivity contribution in [2.45, 2.75) is 0 Å². The summed E-state index contributed by atoms with van der Waals surface area (Å²) in [7, 11) is 0. The Balaban J connectivity index is 2.83. The first-order chi connectivity index (χ1) is 7.08. The molecular weight excluding hydrogens is 222 g/mol. The standard InChI is InChI=1S/C8H4ClN3O3/c9-8-10-6-2-1-4(12(14)15)3-5(6)7(13)11-8/h1-3H,(H,10,11,13). The zero-order chi connectivity index (χ0) is 11.0. The lowest BCUT2D eigenvalue weighted by molar-refractivity contribution is -0.384. The molecule has 2 aromatic rings. The highest BCUT2D eigenvalue weighted by Crippen LogP contribution is 2.16. The van der Waals surface area contributed by atoms with Crippen LogP contribution in [0.5, 0.6) is 0 Å². The third-order valence-corrected chi connectivity index (χ3v) is 2.05. The molecule has 0 unspecified atom stereocenters. The Morgan fingerprint density at radius 1 is 1.47 bits per heavy atom. The fourth-order valence-corrected chi connectivity index (χ4v) is 1.39. The van der Waals surface area contributed by atoms with Crippen LogP contribution in [0.1, 0.15) is 0 Å². The average molecular weight is 226 g/mol. The van der Waals surface area contributed by atoms with Crippen LogP contribution in [0, 0.1) is 10.1 Å². The van der Waals surface area contributed by atoms with Gasteiger partial charge in [-0.3, -0.25) is 19.9 Å². The highest BCUT2D eigenvalue weighted by Gasteiger charge is 2.09. The number of nitrogens with zero attached hydrogens (tertiary/aromatic N) is 2. The number of hydrogen-bond donors (Lipinski definition) is 1. The van der Waals surface area contributed by atoms with E-state index in [1.165, 1.54) is 12.1 Å². The Labute approximate surface area is 87.7 Å². The van der Waals surface area contributed by atoms with Crippen LogP contribution in [-0.4, -0.2) is 14.9 Å². The van der Waals surface area contributed by atoms with Crippen molar-refractivity contribution in [1.29, 1.82) is 0 Å². The van der Waals surface area contributed by atoms with Crippen molar-refractivity contribution in [2.24, 2.45) is 0 Å². The molecule has 0 fully saturated rings. The van der Waals surface area contributed by atoms with Gasteiger partial charge in [-0.1, -0.05) is 0 Å². The molecule has 0 saturated carbocycles. The number of fused-ring (bicyclic) bond motifs is 1. The number of rotatable bonds is 1. The second kappa shape index (κ2) is 3.32. The Kier molecular flexibility index (Phi) is 2.12. The van der Waals surface area contributed by atoms with Gasteiger partial charge >= 0.3 is 0 Å². The van der Waals surface area contributed by atoms with E-state index in [-0.39, 0.29) is 16.4 Å². The van der Waals surface area contributed by atoms with E-state index < -0.39 is 10.5 Å². The van der Waals surface area contributed by atoms with Gasteiger partial charge < -0.3 is 0 Å². The Morgan fingerprint density at radius 2 is 2.20 bits per heavy atom. The lowest BCUT2D eigenvalue weighted by Crippen LogP contribution is -2.08. The van der Waals surface area contributed by atoms with Gasteiger partial charge in [0.25, 0.3) is 11.2 Å². The van der Waals surface area contributed by atoms with Crippen molar-refractivity contribution in [1.82, 2.24) is 9.97 Å². The number of aromatic amines is 1. The van der Waals surface area contributed by atoms with Crippen molar-refractivity contribution in [3.05, 3.63) is 44.0 Å². The number of non-ortho nitro benzene ring substituents is 1. The van der Waals surface area contributed by atoms with Crippen molar-refractivity contribution in [3.63, 3.8) is 0 Å². The fourth-order valence-electron chi connectivity index (χ4n) is 1.21. The number of nitrogens with one attached hydrogen (secondary N) is 1. The summed E-state index contributed by atoms with van der Waals surface area (Å²) in [6, 6.07) is 3.82. The van der Waals surface area contributed by atoms with Gasteiger partial charge in [0, 0.05) is 12.1 Å². The zero-order valence-corrected chi connectivity index (χ0v) is 7.99. The molecule has 0 aliphatic heterocycles. The largest absolute Gasteiger partial charge is 0.297 e. The van der Waals surface area contributed by atoms with Crippen molar-refractivity contribution in [2.75, 3.05) is 0 Å². The molecule has 0 saturated heterocycles. The lowest BCUT2D eigenvalue weighted by atomic mass is 10.2. The van der Waals surface area contributed by atoms with E-state index in [1.807, 2.05) is 0 Å². The number of hydrogen-bond acceptors (Lipinski definition) is 4. The van der Waals surface area contributed by atoms with E-state index in [2.05, 4.69) is 9.97 Å². The highest BCUT2D eigenvalue weighted by molar-refractivity contribution is 6.28. The molecule has 1 aromatic heterocycles. The van der Waals surface area contributed by atoms with E-state index in [4.69, 9.17) is 11.6 Å². The first-order valence-corrected chi connectivity index (χ1v) is 4.30. The number of halogens is 1. The topological polar surface area (TPSA) is 88.9 Å². The lowest BCUT2D eigenvalue weighted by Gasteiger charge is -1.96. The fraction of sp³-hybridized carbons (Fsp3) is 0. The smallest absolute Gasteiger partial charge is 0.270 e. The summed E-state index contributed by atoms with van der Waals surface area (Å²) in [5.41, 5.74) is -0.319. The molecule has 15 heavy (non-hydrogen) atoms. The highest BCUT2D eigenvalue weighted by atomic mass is 35.5.